The highest BCUT2D eigenvalue weighted by atomic mass is 35.5. The van der Waals surface area contributed by atoms with Crippen LogP contribution < -0.4 is 10.6 Å². The van der Waals surface area contributed by atoms with Crippen molar-refractivity contribution in [1.82, 2.24) is 9.97 Å². The molecule has 0 aliphatic carbocycles. The number of hydrogen-bond acceptors (Lipinski definition) is 4. The molecule has 0 atom stereocenters. The third kappa shape index (κ3) is 4.24. The van der Waals surface area contributed by atoms with E-state index in [2.05, 4.69) is 20.6 Å². The lowest BCUT2D eigenvalue weighted by Gasteiger charge is -2.13. The Bertz CT molecular complexity index is 659. The minimum Gasteiger partial charge on any atom is -0.352 e. The molecule has 118 valence electrons. The summed E-state index contributed by atoms with van der Waals surface area (Å²) in [5.41, 5.74) is -0.653. The van der Waals surface area contributed by atoms with Crippen LogP contribution in [0.4, 0.5) is 30.6 Å². The molecule has 2 aromatic rings. The number of benzene rings is 1. The van der Waals surface area contributed by atoms with Crippen molar-refractivity contribution in [2.24, 2.45) is 0 Å². The smallest absolute Gasteiger partial charge is 0.352 e. The van der Waals surface area contributed by atoms with Crippen molar-refractivity contribution in [1.29, 1.82) is 0 Å². The first kappa shape index (κ1) is 16.4. The predicted octanol–water partition coefficient (Wildman–Crippen LogP) is 4.71. The number of nitrogens with zero attached hydrogens (tertiary/aromatic N) is 2. The monoisotopic (exact) mass is 330 g/mol. The van der Waals surface area contributed by atoms with Crippen molar-refractivity contribution in [3.8, 4) is 0 Å². The Hall–Kier alpha value is -2.02. The molecule has 1 aromatic carbocycles. The molecule has 22 heavy (non-hydrogen) atoms. The fourth-order valence-corrected chi connectivity index (χ4v) is 1.95. The summed E-state index contributed by atoms with van der Waals surface area (Å²) in [5, 5.41) is 5.48. The number of rotatable bonds is 4. The Balaban J connectivity index is 2.24. The molecule has 0 radical (unpaired) electrons. The van der Waals surface area contributed by atoms with Gasteiger partial charge in [-0.15, -0.1) is 0 Å². The quantitative estimate of drug-likeness (QED) is 0.852. The van der Waals surface area contributed by atoms with E-state index in [1.54, 1.807) is 6.07 Å². The zero-order valence-corrected chi connectivity index (χ0v) is 12.6. The van der Waals surface area contributed by atoms with Gasteiger partial charge in [0.1, 0.15) is 5.82 Å². The Morgan fingerprint density at radius 2 is 1.91 bits per heavy atom. The summed E-state index contributed by atoms with van der Waals surface area (Å²) in [6.07, 6.45) is -2.99. The molecular formula is C14H14ClF3N4. The van der Waals surface area contributed by atoms with E-state index in [9.17, 15) is 13.2 Å². The summed E-state index contributed by atoms with van der Waals surface area (Å²) in [6.45, 7) is 3.86. The number of alkyl halides is 3. The molecule has 0 amide bonds. The van der Waals surface area contributed by atoms with Crippen LogP contribution in [0.1, 0.15) is 19.4 Å². The molecule has 0 bridgehead atoms. The normalized spacial score (nSPS) is 11.6. The molecule has 2 rings (SSSR count). The lowest BCUT2D eigenvalue weighted by Crippen LogP contribution is -2.13. The number of aromatic nitrogens is 2. The Labute approximate surface area is 130 Å². The third-order valence-electron chi connectivity index (χ3n) is 2.62. The van der Waals surface area contributed by atoms with E-state index in [-0.39, 0.29) is 16.8 Å². The van der Waals surface area contributed by atoms with E-state index >= 15 is 0 Å². The third-order valence-corrected chi connectivity index (χ3v) is 2.95. The fourth-order valence-electron chi connectivity index (χ4n) is 1.72. The van der Waals surface area contributed by atoms with Crippen molar-refractivity contribution >= 4 is 29.1 Å². The molecule has 0 aliphatic heterocycles. The molecule has 2 N–H and O–H groups in total. The summed E-state index contributed by atoms with van der Waals surface area (Å²) < 4.78 is 38.5. The molecule has 0 saturated carbocycles. The maximum atomic E-state index is 12.8. The number of anilines is 3. The van der Waals surface area contributed by atoms with Crippen molar-refractivity contribution in [2.45, 2.75) is 26.1 Å². The molecule has 1 heterocycles. The van der Waals surface area contributed by atoms with Crippen LogP contribution in [0.5, 0.6) is 0 Å². The summed E-state index contributed by atoms with van der Waals surface area (Å²) in [4.78, 5) is 8.20. The van der Waals surface area contributed by atoms with Gasteiger partial charge in [0, 0.05) is 17.9 Å². The second-order valence-electron chi connectivity index (χ2n) is 4.88. The zero-order chi connectivity index (χ0) is 16.3. The van der Waals surface area contributed by atoms with E-state index in [4.69, 9.17) is 11.6 Å². The molecule has 0 spiro atoms. The summed E-state index contributed by atoms with van der Waals surface area (Å²) in [6, 6.07) is 5.30. The van der Waals surface area contributed by atoms with Gasteiger partial charge in [-0.05, 0) is 38.1 Å². The van der Waals surface area contributed by atoms with Gasteiger partial charge in [-0.2, -0.15) is 18.2 Å². The van der Waals surface area contributed by atoms with Crippen molar-refractivity contribution in [3.05, 3.63) is 41.0 Å². The van der Waals surface area contributed by atoms with Gasteiger partial charge in [0.25, 0.3) is 0 Å². The van der Waals surface area contributed by atoms with Gasteiger partial charge in [0.15, 0.2) is 0 Å². The molecule has 0 saturated heterocycles. The number of hydrogen-bond donors (Lipinski definition) is 2. The lowest BCUT2D eigenvalue weighted by atomic mass is 10.2. The first-order valence-corrected chi connectivity index (χ1v) is 6.87. The van der Waals surface area contributed by atoms with E-state index in [0.29, 0.717) is 11.8 Å². The number of nitrogens with one attached hydrogen (secondary N) is 2. The molecule has 0 aliphatic rings. The molecule has 8 heteroatoms. The summed E-state index contributed by atoms with van der Waals surface area (Å²) in [5.74, 6) is 0.776. The molecular weight excluding hydrogens is 317 g/mol. The van der Waals surface area contributed by atoms with E-state index in [1.807, 2.05) is 13.8 Å². The second kappa shape index (κ2) is 6.39. The van der Waals surface area contributed by atoms with E-state index in [1.165, 1.54) is 18.3 Å². The lowest BCUT2D eigenvalue weighted by molar-refractivity contribution is -0.137. The average molecular weight is 331 g/mol. The largest absolute Gasteiger partial charge is 0.417 e. The van der Waals surface area contributed by atoms with Crippen LogP contribution in [-0.2, 0) is 6.18 Å². The van der Waals surface area contributed by atoms with Gasteiger partial charge in [-0.1, -0.05) is 11.6 Å². The van der Waals surface area contributed by atoms with E-state index in [0.717, 1.165) is 6.07 Å². The van der Waals surface area contributed by atoms with Crippen LogP contribution in [0.25, 0.3) is 0 Å². The van der Waals surface area contributed by atoms with Crippen LogP contribution in [0.15, 0.2) is 30.5 Å². The standard InChI is InChI=1S/C14H14ClF3N4/c1-8(2)20-13-19-6-5-12(22-13)21-9-3-4-11(15)10(7-9)14(16,17)18/h3-8H,1-2H3,(H2,19,20,21,22). The highest BCUT2D eigenvalue weighted by Crippen LogP contribution is 2.36. The van der Waals surface area contributed by atoms with Crippen LogP contribution in [0.3, 0.4) is 0 Å². The first-order valence-electron chi connectivity index (χ1n) is 6.49. The average Bonchev–Trinajstić information content (AvgIpc) is 2.39. The first-order chi connectivity index (χ1) is 10.3. The minimum atomic E-state index is -4.51. The fraction of sp³-hybridized carbons (Fsp3) is 0.286. The molecule has 1 aromatic heterocycles. The van der Waals surface area contributed by atoms with Crippen molar-refractivity contribution in [2.75, 3.05) is 10.6 Å². The molecule has 0 unspecified atom stereocenters. The van der Waals surface area contributed by atoms with Gasteiger partial charge in [-0.3, -0.25) is 0 Å². The molecule has 0 fully saturated rings. The second-order valence-corrected chi connectivity index (χ2v) is 5.29. The van der Waals surface area contributed by atoms with Crippen LogP contribution in [0, 0.1) is 0 Å². The van der Waals surface area contributed by atoms with Crippen LogP contribution in [-0.4, -0.2) is 16.0 Å². The maximum absolute atomic E-state index is 12.8. The predicted molar refractivity (Wildman–Crippen MR) is 80.5 cm³/mol. The van der Waals surface area contributed by atoms with Gasteiger partial charge in [0.2, 0.25) is 5.95 Å². The zero-order valence-electron chi connectivity index (χ0n) is 11.9. The highest BCUT2D eigenvalue weighted by molar-refractivity contribution is 6.31. The van der Waals surface area contributed by atoms with Gasteiger partial charge in [-0.25, -0.2) is 4.98 Å². The minimum absolute atomic E-state index is 0.141. The topological polar surface area (TPSA) is 49.8 Å². The maximum Gasteiger partial charge on any atom is 0.417 e. The van der Waals surface area contributed by atoms with Crippen LogP contribution in [0.2, 0.25) is 5.02 Å². The Morgan fingerprint density at radius 3 is 2.55 bits per heavy atom. The molecule has 4 nitrogen and oxygen atoms in total. The van der Waals surface area contributed by atoms with Gasteiger partial charge in [0.05, 0.1) is 10.6 Å². The number of halogens is 4. The van der Waals surface area contributed by atoms with Crippen molar-refractivity contribution in [3.63, 3.8) is 0 Å². The van der Waals surface area contributed by atoms with Crippen LogP contribution >= 0.6 is 11.6 Å². The summed E-state index contributed by atoms with van der Waals surface area (Å²) in [7, 11) is 0. The summed E-state index contributed by atoms with van der Waals surface area (Å²) >= 11 is 5.58. The van der Waals surface area contributed by atoms with Gasteiger partial charge < -0.3 is 10.6 Å². The van der Waals surface area contributed by atoms with Gasteiger partial charge >= 0.3 is 6.18 Å². The SMILES string of the molecule is CC(C)Nc1nccc(Nc2ccc(Cl)c(C(F)(F)F)c2)n1. The Morgan fingerprint density at radius 1 is 1.18 bits per heavy atom. The van der Waals surface area contributed by atoms with E-state index < -0.39 is 11.7 Å². The van der Waals surface area contributed by atoms with Crippen molar-refractivity contribution < 1.29 is 13.2 Å². The Kier molecular flexibility index (Phi) is 4.75. The highest BCUT2D eigenvalue weighted by Gasteiger charge is 2.33.